The second kappa shape index (κ2) is 5.66. The van der Waals surface area contributed by atoms with Gasteiger partial charge in [0.2, 0.25) is 0 Å². The van der Waals surface area contributed by atoms with Crippen molar-refractivity contribution in [1.29, 1.82) is 0 Å². The number of fused-ring (bicyclic) bond motifs is 2. The molecule has 0 aromatic carbocycles. The molecular weight excluding hydrogens is 218 g/mol. The molecule has 3 fully saturated rings. The molecule has 0 N–H and O–H groups in total. The minimum absolute atomic E-state index is 0.753. The lowest BCUT2D eigenvalue weighted by Crippen LogP contribution is -2.33. The first kappa shape index (κ1) is 12.5. The van der Waals surface area contributed by atoms with Crippen LogP contribution in [0.2, 0.25) is 0 Å². The SMILES string of the molecule is CN(CC#C[C@@H]1C[C@@H]2CC[C@H]1C2)C1CCCCC1. The van der Waals surface area contributed by atoms with E-state index in [0.717, 1.165) is 30.3 Å². The van der Waals surface area contributed by atoms with Gasteiger partial charge in [0.1, 0.15) is 0 Å². The van der Waals surface area contributed by atoms with E-state index >= 15 is 0 Å². The normalized spacial score (nSPS) is 35.8. The summed E-state index contributed by atoms with van der Waals surface area (Å²) in [5.41, 5.74) is 0. The molecule has 2 bridgehead atoms. The van der Waals surface area contributed by atoms with Crippen LogP contribution >= 0.6 is 0 Å². The Morgan fingerprint density at radius 3 is 2.50 bits per heavy atom. The highest BCUT2D eigenvalue weighted by atomic mass is 15.1. The molecule has 3 saturated carbocycles. The fraction of sp³-hybridized carbons (Fsp3) is 0.882. The summed E-state index contributed by atoms with van der Waals surface area (Å²) in [6.07, 6.45) is 12.9. The zero-order valence-corrected chi connectivity index (χ0v) is 11.8. The maximum absolute atomic E-state index is 3.59. The van der Waals surface area contributed by atoms with Crippen LogP contribution in [0.25, 0.3) is 0 Å². The zero-order valence-electron chi connectivity index (χ0n) is 11.8. The van der Waals surface area contributed by atoms with Gasteiger partial charge in [-0.25, -0.2) is 0 Å². The van der Waals surface area contributed by atoms with Crippen LogP contribution in [0, 0.1) is 29.6 Å². The van der Waals surface area contributed by atoms with Crippen molar-refractivity contribution < 1.29 is 0 Å². The Bertz CT molecular complexity index is 331. The molecule has 1 heteroatoms. The van der Waals surface area contributed by atoms with E-state index in [1.54, 1.807) is 0 Å². The van der Waals surface area contributed by atoms with Crippen molar-refractivity contribution in [3.63, 3.8) is 0 Å². The smallest absolute Gasteiger partial charge is 0.0601 e. The summed E-state index contributed by atoms with van der Waals surface area (Å²) in [4.78, 5) is 2.50. The molecule has 0 aromatic rings. The van der Waals surface area contributed by atoms with E-state index in [-0.39, 0.29) is 0 Å². The summed E-state index contributed by atoms with van der Waals surface area (Å²) in [5.74, 6) is 9.82. The third-order valence-electron chi connectivity index (χ3n) is 5.55. The predicted octanol–water partition coefficient (Wildman–Crippen LogP) is 3.69. The van der Waals surface area contributed by atoms with Gasteiger partial charge in [-0.3, -0.25) is 4.90 Å². The molecule has 0 heterocycles. The number of hydrogen-bond donors (Lipinski definition) is 0. The van der Waals surface area contributed by atoms with Crippen LogP contribution in [0.15, 0.2) is 0 Å². The van der Waals surface area contributed by atoms with Crippen LogP contribution in [0.4, 0.5) is 0 Å². The molecule has 0 aliphatic heterocycles. The van der Waals surface area contributed by atoms with Gasteiger partial charge in [0.05, 0.1) is 6.54 Å². The second-order valence-electron chi connectivity index (χ2n) is 6.81. The molecule has 3 rings (SSSR count). The summed E-state index contributed by atoms with van der Waals surface area (Å²) in [6, 6.07) is 0.813. The van der Waals surface area contributed by atoms with Gasteiger partial charge in [0, 0.05) is 12.0 Å². The van der Waals surface area contributed by atoms with Crippen molar-refractivity contribution in [2.24, 2.45) is 17.8 Å². The quantitative estimate of drug-likeness (QED) is 0.671. The number of rotatable bonds is 2. The molecule has 3 aliphatic carbocycles. The molecule has 3 aliphatic rings. The Morgan fingerprint density at radius 2 is 1.83 bits per heavy atom. The van der Waals surface area contributed by atoms with Gasteiger partial charge in [-0.2, -0.15) is 0 Å². The fourth-order valence-electron chi connectivity index (χ4n) is 4.37. The average Bonchev–Trinajstić information content (AvgIpc) is 3.02. The van der Waals surface area contributed by atoms with Gasteiger partial charge < -0.3 is 0 Å². The molecule has 0 amide bonds. The Balaban J connectivity index is 1.46. The summed E-state index contributed by atoms with van der Waals surface area (Å²) in [6.45, 7) is 0.999. The van der Waals surface area contributed by atoms with Gasteiger partial charge >= 0.3 is 0 Å². The van der Waals surface area contributed by atoms with Crippen LogP contribution in [-0.2, 0) is 0 Å². The van der Waals surface area contributed by atoms with Crippen LogP contribution in [-0.4, -0.2) is 24.5 Å². The Labute approximate surface area is 112 Å². The summed E-state index contributed by atoms with van der Waals surface area (Å²) >= 11 is 0. The van der Waals surface area contributed by atoms with Crippen LogP contribution in [0.3, 0.4) is 0 Å². The van der Waals surface area contributed by atoms with Gasteiger partial charge in [-0.15, -0.1) is 0 Å². The first-order chi connectivity index (χ1) is 8.83. The highest BCUT2D eigenvalue weighted by Crippen LogP contribution is 2.47. The molecule has 0 radical (unpaired) electrons. The minimum atomic E-state index is 0.753. The molecule has 0 saturated heterocycles. The average molecular weight is 245 g/mol. The molecule has 0 spiro atoms. The Kier molecular flexibility index (Phi) is 3.94. The van der Waals surface area contributed by atoms with Crippen molar-refractivity contribution in [3.8, 4) is 11.8 Å². The zero-order chi connectivity index (χ0) is 12.4. The Hall–Kier alpha value is -0.480. The van der Waals surface area contributed by atoms with Crippen molar-refractivity contribution in [1.82, 2.24) is 4.90 Å². The van der Waals surface area contributed by atoms with E-state index in [1.165, 1.54) is 57.8 Å². The molecule has 1 nitrogen and oxygen atoms in total. The number of nitrogens with zero attached hydrogens (tertiary/aromatic N) is 1. The maximum Gasteiger partial charge on any atom is 0.0601 e. The molecule has 100 valence electrons. The monoisotopic (exact) mass is 245 g/mol. The van der Waals surface area contributed by atoms with Crippen LogP contribution < -0.4 is 0 Å². The Morgan fingerprint density at radius 1 is 1.00 bits per heavy atom. The van der Waals surface area contributed by atoms with E-state index in [9.17, 15) is 0 Å². The van der Waals surface area contributed by atoms with Gasteiger partial charge in [0.15, 0.2) is 0 Å². The highest BCUT2D eigenvalue weighted by molar-refractivity contribution is 5.11. The lowest BCUT2D eigenvalue weighted by atomic mass is 9.89. The second-order valence-corrected chi connectivity index (χ2v) is 6.81. The molecular formula is C17H27N. The molecule has 3 atom stereocenters. The van der Waals surface area contributed by atoms with Crippen molar-refractivity contribution in [3.05, 3.63) is 0 Å². The largest absolute Gasteiger partial charge is 0.292 e. The van der Waals surface area contributed by atoms with Gasteiger partial charge in [0.25, 0.3) is 0 Å². The first-order valence-corrected chi connectivity index (χ1v) is 8.01. The third-order valence-corrected chi connectivity index (χ3v) is 5.55. The lowest BCUT2D eigenvalue weighted by molar-refractivity contribution is 0.212. The maximum atomic E-state index is 3.59. The van der Waals surface area contributed by atoms with Crippen LogP contribution in [0.1, 0.15) is 57.8 Å². The topological polar surface area (TPSA) is 3.24 Å². The lowest BCUT2D eigenvalue weighted by Gasteiger charge is -2.29. The molecule has 0 aromatic heterocycles. The van der Waals surface area contributed by atoms with E-state index in [2.05, 4.69) is 23.8 Å². The third kappa shape index (κ3) is 2.75. The van der Waals surface area contributed by atoms with E-state index in [1.807, 2.05) is 0 Å². The van der Waals surface area contributed by atoms with E-state index in [4.69, 9.17) is 0 Å². The summed E-state index contributed by atoms with van der Waals surface area (Å²) < 4.78 is 0. The van der Waals surface area contributed by atoms with E-state index in [0.29, 0.717) is 0 Å². The predicted molar refractivity (Wildman–Crippen MR) is 76.2 cm³/mol. The highest BCUT2D eigenvalue weighted by Gasteiger charge is 2.38. The summed E-state index contributed by atoms with van der Waals surface area (Å²) in [7, 11) is 2.27. The van der Waals surface area contributed by atoms with Gasteiger partial charge in [-0.1, -0.05) is 37.5 Å². The molecule has 18 heavy (non-hydrogen) atoms. The van der Waals surface area contributed by atoms with Crippen molar-refractivity contribution in [2.75, 3.05) is 13.6 Å². The van der Waals surface area contributed by atoms with Crippen molar-refractivity contribution >= 4 is 0 Å². The minimum Gasteiger partial charge on any atom is -0.292 e. The summed E-state index contributed by atoms with van der Waals surface area (Å²) in [5, 5.41) is 0. The molecule has 0 unspecified atom stereocenters. The standard InChI is InChI=1S/C17H27N/c1-18(17-7-3-2-4-8-17)11-5-6-15-12-14-9-10-16(15)13-14/h14-17H,2-4,7-13H2,1H3/t14-,15+,16-/m0/s1. The number of hydrogen-bond acceptors (Lipinski definition) is 1. The van der Waals surface area contributed by atoms with Crippen molar-refractivity contribution in [2.45, 2.75) is 63.8 Å². The fourth-order valence-corrected chi connectivity index (χ4v) is 4.37. The van der Waals surface area contributed by atoms with E-state index < -0.39 is 0 Å². The first-order valence-electron chi connectivity index (χ1n) is 8.01. The van der Waals surface area contributed by atoms with Crippen LogP contribution in [0.5, 0.6) is 0 Å². The van der Waals surface area contributed by atoms with Gasteiger partial charge in [-0.05, 0) is 51.0 Å².